The molecule has 1 saturated carbocycles. The topological polar surface area (TPSA) is 125 Å². The summed E-state index contributed by atoms with van der Waals surface area (Å²) in [5, 5.41) is 5.55. The van der Waals surface area contributed by atoms with E-state index in [0.29, 0.717) is 38.1 Å². The Kier molecular flexibility index (Phi) is 7.13. The van der Waals surface area contributed by atoms with Crippen LogP contribution in [-0.4, -0.2) is 67.8 Å². The lowest BCUT2D eigenvalue weighted by atomic mass is 9.98. The van der Waals surface area contributed by atoms with Crippen molar-refractivity contribution in [1.29, 1.82) is 0 Å². The summed E-state index contributed by atoms with van der Waals surface area (Å²) in [6.45, 7) is 1.13. The van der Waals surface area contributed by atoms with Gasteiger partial charge in [-0.2, -0.15) is 4.31 Å². The number of hydrogen-bond acceptors (Lipinski definition) is 6. The molecule has 4 rings (SSSR count). The van der Waals surface area contributed by atoms with Gasteiger partial charge < -0.3 is 15.4 Å². The summed E-state index contributed by atoms with van der Waals surface area (Å²) in [7, 11) is -2.21. The molecule has 2 aliphatic heterocycles. The second-order valence-corrected chi connectivity index (χ2v) is 11.1. The monoisotopic (exact) mass is 492 g/mol. The highest BCUT2D eigenvalue weighted by Gasteiger charge is 2.52. The van der Waals surface area contributed by atoms with Gasteiger partial charge in [-0.3, -0.25) is 14.5 Å². The second-order valence-electron chi connectivity index (χ2n) is 9.15. The Labute approximate surface area is 200 Å². The maximum atomic E-state index is 13.0. The number of methoxy groups -OCH3 is 1. The molecule has 0 bridgehead atoms. The lowest BCUT2D eigenvalue weighted by Crippen LogP contribution is -2.44. The molecule has 2 saturated heterocycles. The van der Waals surface area contributed by atoms with E-state index in [1.54, 1.807) is 0 Å². The highest BCUT2D eigenvalue weighted by atomic mass is 32.2. The minimum absolute atomic E-state index is 0.0658. The van der Waals surface area contributed by atoms with Crippen molar-refractivity contribution in [2.45, 2.75) is 68.2 Å². The molecular weight excluding hydrogens is 460 g/mol. The minimum Gasteiger partial charge on any atom is -0.495 e. The predicted molar refractivity (Wildman–Crippen MR) is 125 cm³/mol. The van der Waals surface area contributed by atoms with Gasteiger partial charge in [-0.15, -0.1) is 0 Å². The van der Waals surface area contributed by atoms with E-state index in [1.807, 2.05) is 0 Å². The van der Waals surface area contributed by atoms with Crippen LogP contribution in [0.3, 0.4) is 0 Å². The molecule has 1 spiro atoms. The molecule has 1 aromatic rings. The zero-order valence-electron chi connectivity index (χ0n) is 19.5. The zero-order chi connectivity index (χ0) is 24.3. The molecule has 0 radical (unpaired) electrons. The van der Waals surface area contributed by atoms with Gasteiger partial charge in [0.2, 0.25) is 15.9 Å². The van der Waals surface area contributed by atoms with Gasteiger partial charge in [0.15, 0.2) is 0 Å². The smallest absolute Gasteiger partial charge is 0.325 e. The van der Waals surface area contributed by atoms with E-state index in [4.69, 9.17) is 4.74 Å². The highest BCUT2D eigenvalue weighted by Crippen LogP contribution is 2.35. The first-order valence-electron chi connectivity index (χ1n) is 11.9. The average molecular weight is 493 g/mol. The number of ether oxygens (including phenoxy) is 1. The lowest BCUT2D eigenvalue weighted by Gasteiger charge is -2.26. The van der Waals surface area contributed by atoms with Gasteiger partial charge in [0, 0.05) is 26.1 Å². The number of nitrogens with zero attached hydrogens (tertiary/aromatic N) is 2. The summed E-state index contributed by atoms with van der Waals surface area (Å²) in [6, 6.07) is 4.03. The van der Waals surface area contributed by atoms with Gasteiger partial charge in [-0.05, 0) is 50.3 Å². The summed E-state index contributed by atoms with van der Waals surface area (Å²) in [5.74, 6) is -0.204. The number of amides is 4. The number of carbonyl (C=O) groups is 3. The van der Waals surface area contributed by atoms with E-state index in [-0.39, 0.29) is 35.4 Å². The quantitative estimate of drug-likeness (QED) is 0.537. The largest absolute Gasteiger partial charge is 0.495 e. The first-order valence-corrected chi connectivity index (χ1v) is 13.3. The van der Waals surface area contributed by atoms with Crippen molar-refractivity contribution in [1.82, 2.24) is 14.5 Å². The fourth-order valence-corrected chi connectivity index (χ4v) is 6.55. The van der Waals surface area contributed by atoms with Crippen LogP contribution in [0.15, 0.2) is 23.1 Å². The molecule has 1 aromatic carbocycles. The summed E-state index contributed by atoms with van der Waals surface area (Å²) in [6.07, 6.45) is 6.19. The van der Waals surface area contributed by atoms with E-state index in [0.717, 1.165) is 32.1 Å². The normalized spacial score (nSPS) is 20.6. The van der Waals surface area contributed by atoms with Crippen LogP contribution < -0.4 is 15.4 Å². The Morgan fingerprint density at radius 1 is 1.12 bits per heavy atom. The fourth-order valence-electron chi connectivity index (χ4n) is 5.01. The van der Waals surface area contributed by atoms with Crippen molar-refractivity contribution in [2.75, 3.05) is 32.1 Å². The van der Waals surface area contributed by atoms with E-state index in [1.165, 1.54) is 34.5 Å². The standard InChI is InChI=1S/C23H32N4O6S/c1-33-19-10-9-17(34(31,32)26-13-5-2-6-14-26)16-18(19)24-20(28)8-7-15-27-21(29)23(25-22(27)30)11-3-4-12-23/h9-10,16H,2-8,11-15H2,1H3,(H,24,28)(H,25,30). The third-order valence-corrected chi connectivity index (χ3v) is 8.78. The van der Waals surface area contributed by atoms with Crippen LogP contribution >= 0.6 is 0 Å². The van der Waals surface area contributed by atoms with Crippen LogP contribution in [-0.2, 0) is 19.6 Å². The number of piperidine rings is 1. The Balaban J connectivity index is 1.37. The van der Waals surface area contributed by atoms with Crippen molar-refractivity contribution < 1.29 is 27.5 Å². The molecule has 3 aliphatic rings. The van der Waals surface area contributed by atoms with Crippen molar-refractivity contribution in [3.63, 3.8) is 0 Å². The van der Waals surface area contributed by atoms with E-state index in [9.17, 15) is 22.8 Å². The molecule has 34 heavy (non-hydrogen) atoms. The average Bonchev–Trinajstić information content (AvgIpc) is 3.39. The first kappa shape index (κ1) is 24.5. The van der Waals surface area contributed by atoms with Crippen molar-refractivity contribution >= 4 is 33.6 Å². The summed E-state index contributed by atoms with van der Waals surface area (Å²) in [4.78, 5) is 38.9. The number of hydrogen-bond donors (Lipinski definition) is 2. The van der Waals surface area contributed by atoms with Gasteiger partial charge in [-0.1, -0.05) is 19.3 Å². The van der Waals surface area contributed by atoms with Crippen LogP contribution in [0, 0.1) is 0 Å². The molecule has 0 aromatic heterocycles. The molecule has 10 nitrogen and oxygen atoms in total. The van der Waals surface area contributed by atoms with Crippen LogP contribution in [0.5, 0.6) is 5.75 Å². The second kappa shape index (κ2) is 9.91. The van der Waals surface area contributed by atoms with Crippen LogP contribution in [0.2, 0.25) is 0 Å². The third-order valence-electron chi connectivity index (χ3n) is 6.89. The van der Waals surface area contributed by atoms with E-state index < -0.39 is 21.6 Å². The van der Waals surface area contributed by atoms with Gasteiger partial charge in [-0.25, -0.2) is 13.2 Å². The van der Waals surface area contributed by atoms with Gasteiger partial charge in [0.25, 0.3) is 5.91 Å². The van der Waals surface area contributed by atoms with E-state index >= 15 is 0 Å². The number of carbonyl (C=O) groups excluding carboxylic acids is 3. The Morgan fingerprint density at radius 3 is 2.50 bits per heavy atom. The molecule has 186 valence electrons. The Morgan fingerprint density at radius 2 is 1.82 bits per heavy atom. The van der Waals surface area contributed by atoms with Gasteiger partial charge >= 0.3 is 6.03 Å². The number of anilines is 1. The summed E-state index contributed by atoms with van der Waals surface area (Å²) < 4.78 is 32.8. The number of benzene rings is 1. The van der Waals surface area contributed by atoms with Gasteiger partial charge in [0.05, 0.1) is 17.7 Å². The molecule has 1 aliphatic carbocycles. The SMILES string of the molecule is COc1ccc(S(=O)(=O)N2CCCCC2)cc1NC(=O)CCCN1C(=O)NC2(CCCC2)C1=O. The van der Waals surface area contributed by atoms with Gasteiger partial charge in [0.1, 0.15) is 11.3 Å². The molecule has 2 heterocycles. The summed E-state index contributed by atoms with van der Waals surface area (Å²) in [5.41, 5.74) is -0.488. The molecule has 3 fully saturated rings. The maximum Gasteiger partial charge on any atom is 0.325 e. The number of rotatable bonds is 8. The number of imide groups is 1. The number of nitrogens with one attached hydrogen (secondary N) is 2. The van der Waals surface area contributed by atoms with Crippen molar-refractivity contribution in [3.05, 3.63) is 18.2 Å². The Bertz CT molecular complexity index is 1060. The Hall–Kier alpha value is -2.66. The number of urea groups is 1. The van der Waals surface area contributed by atoms with Crippen molar-refractivity contribution in [3.8, 4) is 5.75 Å². The zero-order valence-corrected chi connectivity index (χ0v) is 20.3. The molecular formula is C23H32N4O6S. The lowest BCUT2D eigenvalue weighted by molar-refractivity contribution is -0.131. The number of sulfonamides is 1. The molecule has 2 N–H and O–H groups in total. The third kappa shape index (κ3) is 4.76. The van der Waals surface area contributed by atoms with Crippen LogP contribution in [0.4, 0.5) is 10.5 Å². The molecule has 11 heteroatoms. The fraction of sp³-hybridized carbons (Fsp3) is 0.609. The first-order chi connectivity index (χ1) is 16.3. The van der Waals surface area contributed by atoms with Crippen LogP contribution in [0.25, 0.3) is 0 Å². The van der Waals surface area contributed by atoms with Crippen molar-refractivity contribution in [2.24, 2.45) is 0 Å². The molecule has 0 atom stereocenters. The predicted octanol–water partition coefficient (Wildman–Crippen LogP) is 2.45. The van der Waals surface area contributed by atoms with Crippen LogP contribution in [0.1, 0.15) is 57.8 Å². The maximum absolute atomic E-state index is 13.0. The highest BCUT2D eigenvalue weighted by molar-refractivity contribution is 7.89. The van der Waals surface area contributed by atoms with E-state index in [2.05, 4.69) is 10.6 Å². The molecule has 0 unspecified atom stereocenters. The molecule has 4 amide bonds. The minimum atomic E-state index is -3.66. The summed E-state index contributed by atoms with van der Waals surface area (Å²) >= 11 is 0.